The van der Waals surface area contributed by atoms with Gasteiger partial charge in [-0.15, -0.1) is 11.6 Å². The van der Waals surface area contributed by atoms with E-state index in [0.29, 0.717) is 5.88 Å². The maximum Gasteiger partial charge on any atom is 0.222 e. The van der Waals surface area contributed by atoms with Crippen LogP contribution in [0.4, 0.5) is 0 Å². The van der Waals surface area contributed by atoms with E-state index in [2.05, 4.69) is 0 Å². The topological polar surface area (TPSA) is 52.1 Å². The molecular weight excluding hydrogens is 137 g/mol. The first-order chi connectivity index (χ1) is 2.77. The third kappa shape index (κ3) is 10.7. The van der Waals surface area contributed by atoms with Crippen LogP contribution in [-0.4, -0.2) is 11.1 Å². The predicted octanol–water partition coefficient (Wildman–Crippen LogP) is 1.54. The number of hydrogen-bond donors (Lipinski definition) is 1. The third-order valence-corrected chi connectivity index (χ3v) is 0.669. The molecule has 0 saturated carbocycles. The lowest BCUT2D eigenvalue weighted by Gasteiger charge is -1.76. The van der Waals surface area contributed by atoms with Crippen LogP contribution in [0.1, 0.15) is 6.42 Å². The minimum absolute atomic E-state index is 0. The van der Waals surface area contributed by atoms with E-state index in [0.717, 1.165) is 0 Å². The maximum atomic E-state index is 9.72. The van der Waals surface area contributed by atoms with Crippen LogP contribution in [0.2, 0.25) is 0 Å². The molecule has 0 unspecified atom stereocenters. The van der Waals surface area contributed by atoms with E-state index in [4.69, 9.17) is 23.2 Å². The van der Waals surface area contributed by atoms with Crippen molar-refractivity contribution in [1.29, 1.82) is 0 Å². The van der Waals surface area contributed by atoms with Crippen molar-refractivity contribution in [3.05, 3.63) is 0 Å². The molecule has 3 N–H and O–H groups in total. The standard InChI is InChI=1S/C3H4Cl2O.H3N/c4-2-1-3(5)6;/h1-2H2;1H3. The highest BCUT2D eigenvalue weighted by Crippen LogP contribution is 1.88. The second kappa shape index (κ2) is 6.21. The monoisotopic (exact) mass is 143 g/mol. The van der Waals surface area contributed by atoms with Gasteiger partial charge in [-0.25, -0.2) is 0 Å². The Bertz CT molecular complexity index is 56.9. The molecule has 0 aliphatic rings. The zero-order chi connectivity index (χ0) is 4.99. The van der Waals surface area contributed by atoms with Crippen molar-refractivity contribution < 1.29 is 4.79 Å². The van der Waals surface area contributed by atoms with E-state index in [1.807, 2.05) is 0 Å². The number of alkyl halides is 1. The summed E-state index contributed by atoms with van der Waals surface area (Å²) in [5, 5.41) is -0.370. The fraction of sp³-hybridized carbons (Fsp3) is 0.667. The van der Waals surface area contributed by atoms with Gasteiger partial charge in [-0.3, -0.25) is 4.79 Å². The lowest BCUT2D eigenvalue weighted by Crippen LogP contribution is -1.83. The summed E-state index contributed by atoms with van der Waals surface area (Å²) < 4.78 is 0. The molecular formula is C3H7Cl2NO. The Hall–Kier alpha value is 0.210. The molecule has 0 radical (unpaired) electrons. The number of hydrogen-bond acceptors (Lipinski definition) is 2. The Labute approximate surface area is 52.4 Å². The Morgan fingerprint density at radius 1 is 1.57 bits per heavy atom. The molecule has 0 aromatic rings. The van der Waals surface area contributed by atoms with E-state index in [9.17, 15) is 4.79 Å². The zero-order valence-corrected chi connectivity index (χ0v) is 5.30. The molecule has 0 rings (SSSR count). The fourth-order valence-corrected chi connectivity index (χ4v) is 0.437. The van der Waals surface area contributed by atoms with Crippen molar-refractivity contribution in [1.82, 2.24) is 6.15 Å². The van der Waals surface area contributed by atoms with E-state index in [-0.39, 0.29) is 17.8 Å². The molecule has 0 bridgehead atoms. The third-order valence-electron chi connectivity index (χ3n) is 0.291. The molecule has 0 aliphatic carbocycles. The highest BCUT2D eigenvalue weighted by atomic mass is 35.5. The van der Waals surface area contributed by atoms with Gasteiger partial charge in [-0.05, 0) is 11.6 Å². The van der Waals surface area contributed by atoms with Crippen LogP contribution in [0.25, 0.3) is 0 Å². The largest absolute Gasteiger partial charge is 0.344 e. The minimum atomic E-state index is -0.370. The Morgan fingerprint density at radius 2 is 2.00 bits per heavy atom. The van der Waals surface area contributed by atoms with Crippen molar-refractivity contribution in [3.63, 3.8) is 0 Å². The normalized spacial score (nSPS) is 7.14. The summed E-state index contributed by atoms with van der Waals surface area (Å²) in [5.74, 6) is 0.322. The van der Waals surface area contributed by atoms with E-state index in [1.54, 1.807) is 0 Å². The SMILES string of the molecule is N.O=C(Cl)CCCl. The highest BCUT2D eigenvalue weighted by Gasteiger charge is 1.88. The number of rotatable bonds is 2. The summed E-state index contributed by atoms with van der Waals surface area (Å²) in [6.07, 6.45) is 0.267. The Morgan fingerprint density at radius 3 is 2.00 bits per heavy atom. The molecule has 44 valence electrons. The zero-order valence-electron chi connectivity index (χ0n) is 3.79. The number of carbonyl (C=O) groups is 1. The summed E-state index contributed by atoms with van der Waals surface area (Å²) in [4.78, 5) is 9.72. The van der Waals surface area contributed by atoms with Crippen molar-refractivity contribution in [3.8, 4) is 0 Å². The van der Waals surface area contributed by atoms with Crippen LogP contribution in [0.5, 0.6) is 0 Å². The molecule has 0 saturated heterocycles. The van der Waals surface area contributed by atoms with Crippen LogP contribution < -0.4 is 6.15 Å². The summed E-state index contributed by atoms with van der Waals surface area (Å²) >= 11 is 9.95. The smallest absolute Gasteiger partial charge is 0.222 e. The lowest BCUT2D eigenvalue weighted by molar-refractivity contribution is -0.111. The van der Waals surface area contributed by atoms with Gasteiger partial charge in [-0.1, -0.05) is 0 Å². The number of carbonyl (C=O) groups excluding carboxylic acids is 1. The number of halogens is 2. The van der Waals surface area contributed by atoms with Crippen LogP contribution in [-0.2, 0) is 4.79 Å². The van der Waals surface area contributed by atoms with E-state index < -0.39 is 0 Å². The minimum Gasteiger partial charge on any atom is -0.344 e. The highest BCUT2D eigenvalue weighted by molar-refractivity contribution is 6.63. The van der Waals surface area contributed by atoms with E-state index in [1.165, 1.54) is 0 Å². The van der Waals surface area contributed by atoms with Gasteiger partial charge in [0, 0.05) is 12.3 Å². The summed E-state index contributed by atoms with van der Waals surface area (Å²) in [5.41, 5.74) is 0. The second-order valence-electron chi connectivity index (χ2n) is 0.794. The summed E-state index contributed by atoms with van der Waals surface area (Å²) in [7, 11) is 0. The molecule has 0 heterocycles. The van der Waals surface area contributed by atoms with Crippen LogP contribution >= 0.6 is 23.2 Å². The first kappa shape index (κ1) is 10.2. The van der Waals surface area contributed by atoms with Crippen molar-refractivity contribution in [2.75, 3.05) is 5.88 Å². The molecule has 0 atom stereocenters. The molecule has 0 aromatic carbocycles. The lowest BCUT2D eigenvalue weighted by atomic mass is 10.6. The second-order valence-corrected chi connectivity index (χ2v) is 1.59. The molecule has 0 fully saturated rings. The van der Waals surface area contributed by atoms with Gasteiger partial charge in [0.15, 0.2) is 0 Å². The molecule has 0 aliphatic heterocycles. The van der Waals surface area contributed by atoms with Gasteiger partial charge < -0.3 is 6.15 Å². The predicted molar refractivity (Wildman–Crippen MR) is 31.2 cm³/mol. The molecule has 0 aromatic heterocycles. The fourth-order valence-electron chi connectivity index (χ4n) is 0.0743. The van der Waals surface area contributed by atoms with Gasteiger partial charge in [0.05, 0.1) is 0 Å². The Kier molecular flexibility index (Phi) is 9.09. The quantitative estimate of drug-likeness (QED) is 0.472. The molecule has 2 nitrogen and oxygen atoms in total. The van der Waals surface area contributed by atoms with Gasteiger partial charge in [-0.2, -0.15) is 0 Å². The average molecular weight is 144 g/mol. The van der Waals surface area contributed by atoms with Crippen molar-refractivity contribution in [2.45, 2.75) is 6.42 Å². The van der Waals surface area contributed by atoms with Gasteiger partial charge in [0.2, 0.25) is 5.24 Å². The average Bonchev–Trinajstić information content (AvgIpc) is 1.35. The van der Waals surface area contributed by atoms with E-state index >= 15 is 0 Å². The molecule has 4 heteroatoms. The Balaban J connectivity index is 0. The first-order valence-electron chi connectivity index (χ1n) is 1.51. The molecule has 0 amide bonds. The molecule has 7 heavy (non-hydrogen) atoms. The van der Waals surface area contributed by atoms with Crippen molar-refractivity contribution >= 4 is 28.4 Å². The van der Waals surface area contributed by atoms with Crippen molar-refractivity contribution in [2.24, 2.45) is 0 Å². The summed E-state index contributed by atoms with van der Waals surface area (Å²) in [6.45, 7) is 0. The first-order valence-corrected chi connectivity index (χ1v) is 2.43. The summed E-state index contributed by atoms with van der Waals surface area (Å²) in [6, 6.07) is 0. The van der Waals surface area contributed by atoms with Gasteiger partial charge >= 0.3 is 0 Å². The van der Waals surface area contributed by atoms with Crippen LogP contribution in [0, 0.1) is 0 Å². The molecule has 0 spiro atoms. The maximum absolute atomic E-state index is 9.72. The van der Waals surface area contributed by atoms with Crippen LogP contribution in [0.3, 0.4) is 0 Å². The van der Waals surface area contributed by atoms with Gasteiger partial charge in [0.1, 0.15) is 0 Å². The van der Waals surface area contributed by atoms with Gasteiger partial charge in [0.25, 0.3) is 0 Å². The van der Waals surface area contributed by atoms with Crippen LogP contribution in [0.15, 0.2) is 0 Å².